The number of carbonyl (C=O) groups excluding carboxylic acids is 1. The third-order valence-electron chi connectivity index (χ3n) is 2.84. The molecule has 0 aliphatic rings. The molecule has 20 heavy (non-hydrogen) atoms. The summed E-state index contributed by atoms with van der Waals surface area (Å²) in [5.74, 6) is -1.09. The van der Waals surface area contributed by atoms with Crippen LogP contribution in [-0.2, 0) is 9.53 Å². The monoisotopic (exact) mass is 280 g/mol. The summed E-state index contributed by atoms with van der Waals surface area (Å²) in [5.41, 5.74) is 0.540. The van der Waals surface area contributed by atoms with Crippen molar-refractivity contribution >= 4 is 12.0 Å². The highest BCUT2D eigenvalue weighted by atomic mass is 16.5. The van der Waals surface area contributed by atoms with Gasteiger partial charge < -0.3 is 20.1 Å². The van der Waals surface area contributed by atoms with Crippen molar-refractivity contribution in [1.29, 1.82) is 0 Å². The maximum Gasteiger partial charge on any atom is 0.330 e. The molecule has 1 aromatic carbocycles. The smallest absolute Gasteiger partial charge is 0.330 e. The van der Waals surface area contributed by atoms with Crippen molar-refractivity contribution in [2.45, 2.75) is 12.5 Å². The van der Waals surface area contributed by atoms with Crippen LogP contribution in [-0.4, -0.2) is 49.3 Å². The van der Waals surface area contributed by atoms with E-state index in [2.05, 4.69) is 5.32 Å². The highest BCUT2D eigenvalue weighted by Gasteiger charge is 2.23. The van der Waals surface area contributed by atoms with E-state index >= 15 is 0 Å². The van der Waals surface area contributed by atoms with E-state index in [1.807, 2.05) is 0 Å². The molecule has 0 aromatic heterocycles. The Balaban J connectivity index is 2.62. The van der Waals surface area contributed by atoms with E-state index in [4.69, 9.17) is 4.74 Å². The van der Waals surface area contributed by atoms with E-state index in [9.17, 15) is 14.7 Å². The second-order valence-corrected chi connectivity index (χ2v) is 4.40. The third-order valence-corrected chi connectivity index (χ3v) is 2.84. The fraction of sp³-hybridized carbons (Fsp3) is 0.429. The Morgan fingerprint density at radius 2 is 2.00 bits per heavy atom. The number of nitrogens with zero attached hydrogens (tertiary/aromatic N) is 1. The molecule has 0 unspecified atom stereocenters. The van der Waals surface area contributed by atoms with Gasteiger partial charge in [-0.15, -0.1) is 0 Å². The van der Waals surface area contributed by atoms with Gasteiger partial charge >= 0.3 is 12.0 Å². The molecule has 110 valence electrons. The summed E-state index contributed by atoms with van der Waals surface area (Å²) in [5, 5.41) is 11.7. The van der Waals surface area contributed by atoms with Gasteiger partial charge in [0.05, 0.1) is 0 Å². The largest absolute Gasteiger partial charge is 0.479 e. The number of carboxylic acids is 1. The predicted octanol–water partition coefficient (Wildman–Crippen LogP) is 1.49. The summed E-state index contributed by atoms with van der Waals surface area (Å²) in [6, 6.07) is 7.14. The quantitative estimate of drug-likeness (QED) is 0.742. The summed E-state index contributed by atoms with van der Waals surface area (Å²) in [4.78, 5) is 24.6. The molecule has 2 amide bonds. The van der Waals surface area contributed by atoms with Crippen molar-refractivity contribution in [1.82, 2.24) is 10.2 Å². The molecule has 0 bridgehead atoms. The van der Waals surface area contributed by atoms with Gasteiger partial charge in [-0.2, -0.15) is 0 Å². The minimum Gasteiger partial charge on any atom is -0.479 e. The Labute approximate surface area is 118 Å². The number of aliphatic carboxylic acids is 1. The topological polar surface area (TPSA) is 78.9 Å². The molecule has 0 radical (unpaired) electrons. The lowest BCUT2D eigenvalue weighted by molar-refractivity contribution is -0.139. The van der Waals surface area contributed by atoms with Crippen LogP contribution in [0.4, 0.5) is 4.79 Å². The first kappa shape index (κ1) is 16.0. The predicted molar refractivity (Wildman–Crippen MR) is 74.5 cm³/mol. The molecule has 0 saturated heterocycles. The van der Waals surface area contributed by atoms with E-state index in [1.54, 1.807) is 44.5 Å². The van der Waals surface area contributed by atoms with Crippen LogP contribution in [0.1, 0.15) is 18.0 Å². The molecule has 1 aromatic rings. The third kappa shape index (κ3) is 4.89. The Hall–Kier alpha value is -2.08. The number of hydrogen-bond donors (Lipinski definition) is 2. The van der Waals surface area contributed by atoms with Gasteiger partial charge in [-0.25, -0.2) is 9.59 Å². The van der Waals surface area contributed by atoms with Crippen LogP contribution in [0.15, 0.2) is 30.3 Å². The summed E-state index contributed by atoms with van der Waals surface area (Å²) in [6.45, 7) is 1.06. The zero-order valence-corrected chi connectivity index (χ0v) is 11.7. The van der Waals surface area contributed by atoms with Crippen LogP contribution in [0.5, 0.6) is 0 Å². The van der Waals surface area contributed by atoms with Crippen molar-refractivity contribution < 1.29 is 19.4 Å². The van der Waals surface area contributed by atoms with E-state index in [0.29, 0.717) is 25.1 Å². The number of amides is 2. The van der Waals surface area contributed by atoms with Crippen molar-refractivity contribution in [3.05, 3.63) is 35.9 Å². The maximum atomic E-state index is 11.9. The molecule has 6 nitrogen and oxygen atoms in total. The van der Waals surface area contributed by atoms with Crippen LogP contribution in [0, 0.1) is 0 Å². The molecule has 0 spiro atoms. The molecular weight excluding hydrogens is 260 g/mol. The molecule has 2 N–H and O–H groups in total. The van der Waals surface area contributed by atoms with Crippen LogP contribution in [0.3, 0.4) is 0 Å². The van der Waals surface area contributed by atoms with Gasteiger partial charge in [0.25, 0.3) is 0 Å². The van der Waals surface area contributed by atoms with Gasteiger partial charge in [0.2, 0.25) is 0 Å². The van der Waals surface area contributed by atoms with Crippen molar-refractivity contribution in [3.8, 4) is 0 Å². The average molecular weight is 280 g/mol. The normalized spacial score (nSPS) is 11.7. The summed E-state index contributed by atoms with van der Waals surface area (Å²) < 4.78 is 4.91. The first-order valence-electron chi connectivity index (χ1n) is 6.34. The number of nitrogens with one attached hydrogen (secondary N) is 1. The Morgan fingerprint density at radius 1 is 1.35 bits per heavy atom. The summed E-state index contributed by atoms with van der Waals surface area (Å²) >= 11 is 0. The van der Waals surface area contributed by atoms with Crippen LogP contribution >= 0.6 is 0 Å². The second kappa shape index (κ2) is 8.16. The molecule has 0 saturated carbocycles. The second-order valence-electron chi connectivity index (χ2n) is 4.40. The Bertz CT molecular complexity index is 436. The molecule has 6 heteroatoms. The van der Waals surface area contributed by atoms with Crippen LogP contribution in [0.25, 0.3) is 0 Å². The Kier molecular flexibility index (Phi) is 6.52. The van der Waals surface area contributed by atoms with Gasteiger partial charge in [-0.05, 0) is 12.0 Å². The number of carboxylic acid groups (broad SMARTS) is 1. The first-order chi connectivity index (χ1) is 9.56. The minimum atomic E-state index is -1.09. The lowest BCUT2D eigenvalue weighted by Gasteiger charge is -2.21. The lowest BCUT2D eigenvalue weighted by atomic mass is 10.1. The van der Waals surface area contributed by atoms with Gasteiger partial charge in [0.1, 0.15) is 0 Å². The number of urea groups is 1. The number of hydrogen-bond acceptors (Lipinski definition) is 3. The van der Waals surface area contributed by atoms with Crippen molar-refractivity contribution in [3.63, 3.8) is 0 Å². The minimum absolute atomic E-state index is 0.419. The van der Waals surface area contributed by atoms with E-state index in [-0.39, 0.29) is 0 Å². The summed E-state index contributed by atoms with van der Waals surface area (Å²) in [6.07, 6.45) is 0.698. The number of methoxy groups -OCH3 is 1. The molecule has 1 rings (SSSR count). The van der Waals surface area contributed by atoms with Gasteiger partial charge in [0.15, 0.2) is 6.04 Å². The highest BCUT2D eigenvalue weighted by Crippen LogP contribution is 2.13. The number of ether oxygens (including phenoxy) is 1. The van der Waals surface area contributed by atoms with E-state index in [1.165, 1.54) is 4.90 Å². The molecule has 1 atom stereocenters. The molecule has 0 heterocycles. The van der Waals surface area contributed by atoms with Gasteiger partial charge in [-0.1, -0.05) is 30.3 Å². The molecule has 0 aliphatic heterocycles. The average Bonchev–Trinajstić information content (AvgIpc) is 2.45. The number of benzene rings is 1. The van der Waals surface area contributed by atoms with Crippen molar-refractivity contribution in [2.24, 2.45) is 0 Å². The number of rotatable bonds is 7. The highest BCUT2D eigenvalue weighted by molar-refractivity contribution is 5.83. The lowest BCUT2D eigenvalue weighted by Crippen LogP contribution is -2.42. The van der Waals surface area contributed by atoms with Crippen LogP contribution < -0.4 is 5.32 Å². The Morgan fingerprint density at radius 3 is 2.55 bits per heavy atom. The van der Waals surface area contributed by atoms with E-state index < -0.39 is 18.0 Å². The fourth-order valence-corrected chi connectivity index (χ4v) is 1.71. The first-order valence-corrected chi connectivity index (χ1v) is 6.34. The van der Waals surface area contributed by atoms with Crippen LogP contribution in [0.2, 0.25) is 0 Å². The molecule has 0 fully saturated rings. The van der Waals surface area contributed by atoms with Gasteiger partial charge in [0, 0.05) is 27.3 Å². The van der Waals surface area contributed by atoms with E-state index in [0.717, 1.165) is 0 Å². The van der Waals surface area contributed by atoms with Gasteiger partial charge in [-0.3, -0.25) is 0 Å². The standard InChI is InChI=1S/C14H20N2O4/c1-16(9-6-10-20-2)14(19)15-12(13(17)18)11-7-4-3-5-8-11/h3-5,7-8,12H,6,9-10H2,1-2H3,(H,15,19)(H,17,18)/t12-/m1/s1. The SMILES string of the molecule is COCCCN(C)C(=O)N[C@@H](C(=O)O)c1ccccc1. The zero-order valence-electron chi connectivity index (χ0n) is 11.7. The zero-order chi connectivity index (χ0) is 15.0. The molecule has 0 aliphatic carbocycles. The maximum absolute atomic E-state index is 11.9. The fourth-order valence-electron chi connectivity index (χ4n) is 1.71. The number of carbonyl (C=O) groups is 2. The van der Waals surface area contributed by atoms with Crippen molar-refractivity contribution in [2.75, 3.05) is 27.3 Å². The molecular formula is C14H20N2O4. The summed E-state index contributed by atoms with van der Waals surface area (Å²) in [7, 11) is 3.21.